The number of halogens is 3. The Kier molecular flexibility index (Phi) is 3.03. The molecule has 3 rings (SSSR count). The van der Waals surface area contributed by atoms with Crippen molar-refractivity contribution in [1.82, 2.24) is 4.31 Å². The average molecular weight is 321 g/mol. The lowest BCUT2D eigenvalue weighted by Crippen LogP contribution is -2.44. The van der Waals surface area contributed by atoms with Crippen molar-refractivity contribution in [2.45, 2.75) is 29.6 Å². The third-order valence-corrected chi connectivity index (χ3v) is 5.41. The summed E-state index contributed by atoms with van der Waals surface area (Å²) < 4.78 is 68.6. The van der Waals surface area contributed by atoms with Gasteiger partial charge in [-0.15, -0.1) is 0 Å². The summed E-state index contributed by atoms with van der Waals surface area (Å²) in [5, 5.41) is 0. The van der Waals surface area contributed by atoms with Crippen LogP contribution in [0.2, 0.25) is 0 Å². The zero-order chi connectivity index (χ0) is 15.4. The van der Waals surface area contributed by atoms with Crippen LogP contribution in [0, 0.1) is 0 Å². The number of carbonyl (C=O) groups excluding carboxylic acids is 1. The van der Waals surface area contributed by atoms with Crippen molar-refractivity contribution >= 4 is 16.0 Å². The molecule has 0 aliphatic carbocycles. The van der Waals surface area contributed by atoms with E-state index in [4.69, 9.17) is 4.74 Å². The first-order valence-electron chi connectivity index (χ1n) is 6.09. The highest BCUT2D eigenvalue weighted by molar-refractivity contribution is 7.89. The number of alkyl halides is 3. The van der Waals surface area contributed by atoms with Crippen molar-refractivity contribution in [3.05, 3.63) is 29.8 Å². The van der Waals surface area contributed by atoms with Crippen LogP contribution in [0.4, 0.5) is 13.2 Å². The van der Waals surface area contributed by atoms with Gasteiger partial charge in [0, 0.05) is 6.42 Å². The SMILES string of the molecule is O=C1O[C@H]2C[C@H]1N(S(=O)(=O)c1cccc(C(F)(F)F)c1)C2. The molecule has 1 aromatic carbocycles. The van der Waals surface area contributed by atoms with Crippen molar-refractivity contribution in [3.8, 4) is 0 Å². The van der Waals surface area contributed by atoms with Gasteiger partial charge < -0.3 is 4.74 Å². The van der Waals surface area contributed by atoms with Gasteiger partial charge in [-0.05, 0) is 18.2 Å². The lowest BCUT2D eigenvalue weighted by atomic mass is 10.2. The van der Waals surface area contributed by atoms with Crippen LogP contribution in [-0.4, -0.2) is 37.4 Å². The highest BCUT2D eigenvalue weighted by Gasteiger charge is 2.51. The van der Waals surface area contributed by atoms with E-state index in [2.05, 4.69) is 0 Å². The second-order valence-electron chi connectivity index (χ2n) is 4.91. The van der Waals surface area contributed by atoms with E-state index in [1.165, 1.54) is 0 Å². The lowest BCUT2D eigenvalue weighted by molar-refractivity contribution is -0.148. The van der Waals surface area contributed by atoms with Crippen LogP contribution in [-0.2, 0) is 25.7 Å². The number of rotatable bonds is 2. The van der Waals surface area contributed by atoms with E-state index in [0.717, 1.165) is 22.5 Å². The molecule has 114 valence electrons. The molecular weight excluding hydrogens is 311 g/mol. The average Bonchev–Trinajstić information content (AvgIpc) is 2.97. The van der Waals surface area contributed by atoms with Gasteiger partial charge in [0.1, 0.15) is 12.1 Å². The number of carbonyl (C=O) groups is 1. The summed E-state index contributed by atoms with van der Waals surface area (Å²) in [5.74, 6) is -0.651. The van der Waals surface area contributed by atoms with Crippen LogP contribution >= 0.6 is 0 Å². The molecule has 2 heterocycles. The quantitative estimate of drug-likeness (QED) is 0.772. The summed E-state index contributed by atoms with van der Waals surface area (Å²) >= 11 is 0. The maximum atomic E-state index is 12.7. The third kappa shape index (κ3) is 2.30. The summed E-state index contributed by atoms with van der Waals surface area (Å²) in [6, 6.07) is 2.55. The van der Waals surface area contributed by atoms with Crippen LogP contribution in [0.25, 0.3) is 0 Å². The van der Waals surface area contributed by atoms with E-state index >= 15 is 0 Å². The zero-order valence-electron chi connectivity index (χ0n) is 10.5. The van der Waals surface area contributed by atoms with Gasteiger partial charge in [0.15, 0.2) is 0 Å². The minimum Gasteiger partial charge on any atom is -0.460 e. The summed E-state index contributed by atoms with van der Waals surface area (Å²) in [5.41, 5.74) is -1.05. The molecule has 0 N–H and O–H groups in total. The van der Waals surface area contributed by atoms with E-state index in [-0.39, 0.29) is 13.0 Å². The normalized spacial score (nSPS) is 26.1. The number of hydrogen-bond acceptors (Lipinski definition) is 4. The van der Waals surface area contributed by atoms with Crippen molar-refractivity contribution < 1.29 is 31.1 Å². The maximum absolute atomic E-state index is 12.7. The fourth-order valence-corrected chi connectivity index (χ4v) is 4.21. The number of fused-ring (bicyclic) bond motifs is 2. The molecule has 0 unspecified atom stereocenters. The summed E-state index contributed by atoms with van der Waals surface area (Å²) in [4.78, 5) is 11.0. The van der Waals surface area contributed by atoms with Gasteiger partial charge in [0.25, 0.3) is 0 Å². The summed E-state index contributed by atoms with van der Waals surface area (Å²) in [6.07, 6.45) is -4.89. The second-order valence-corrected chi connectivity index (χ2v) is 6.80. The van der Waals surface area contributed by atoms with Crippen LogP contribution in [0.3, 0.4) is 0 Å². The molecule has 2 bridgehead atoms. The molecule has 21 heavy (non-hydrogen) atoms. The second kappa shape index (κ2) is 4.44. The summed E-state index contributed by atoms with van der Waals surface area (Å²) in [6.45, 7) is -0.0189. The minimum absolute atomic E-state index is 0.0189. The number of esters is 1. The van der Waals surface area contributed by atoms with Gasteiger partial charge in [-0.1, -0.05) is 6.07 Å². The van der Waals surface area contributed by atoms with Crippen LogP contribution in [0.1, 0.15) is 12.0 Å². The Hall–Kier alpha value is -1.61. The highest BCUT2D eigenvalue weighted by atomic mass is 32.2. The van der Waals surface area contributed by atoms with Gasteiger partial charge in [-0.2, -0.15) is 17.5 Å². The number of ether oxygens (including phenoxy) is 1. The fourth-order valence-electron chi connectivity index (χ4n) is 2.54. The Labute approximate surface area is 118 Å². The predicted octanol–water partition coefficient (Wildman–Crippen LogP) is 1.39. The Morgan fingerprint density at radius 3 is 2.57 bits per heavy atom. The molecule has 0 amide bonds. The molecule has 0 spiro atoms. The van der Waals surface area contributed by atoms with E-state index in [1.54, 1.807) is 0 Å². The largest absolute Gasteiger partial charge is 0.460 e. The minimum atomic E-state index is -4.63. The van der Waals surface area contributed by atoms with E-state index in [1.807, 2.05) is 0 Å². The van der Waals surface area contributed by atoms with Gasteiger partial charge in [0.2, 0.25) is 10.0 Å². The van der Waals surface area contributed by atoms with Crippen LogP contribution in [0.15, 0.2) is 29.2 Å². The molecule has 9 heteroatoms. The van der Waals surface area contributed by atoms with Gasteiger partial charge in [0.05, 0.1) is 17.0 Å². The highest BCUT2D eigenvalue weighted by Crippen LogP contribution is 2.35. The summed E-state index contributed by atoms with van der Waals surface area (Å²) in [7, 11) is -4.15. The van der Waals surface area contributed by atoms with Crippen molar-refractivity contribution in [3.63, 3.8) is 0 Å². The van der Waals surface area contributed by atoms with Gasteiger partial charge in [-0.3, -0.25) is 4.79 Å². The van der Waals surface area contributed by atoms with Gasteiger partial charge in [-0.25, -0.2) is 8.42 Å². The molecule has 2 aliphatic rings. The number of benzene rings is 1. The van der Waals surface area contributed by atoms with Crippen molar-refractivity contribution in [1.29, 1.82) is 0 Å². The molecular formula is C12H10F3NO4S. The third-order valence-electron chi connectivity index (χ3n) is 3.54. The number of sulfonamides is 1. The number of hydrogen-bond donors (Lipinski definition) is 0. The Bertz CT molecular complexity index is 701. The van der Waals surface area contributed by atoms with Gasteiger partial charge >= 0.3 is 12.1 Å². The molecule has 2 saturated heterocycles. The van der Waals surface area contributed by atoms with E-state index in [0.29, 0.717) is 6.07 Å². The Balaban J connectivity index is 1.98. The zero-order valence-corrected chi connectivity index (χ0v) is 11.3. The van der Waals surface area contributed by atoms with Crippen molar-refractivity contribution in [2.75, 3.05) is 6.54 Å². The maximum Gasteiger partial charge on any atom is 0.416 e. The molecule has 0 saturated carbocycles. The fraction of sp³-hybridized carbons (Fsp3) is 0.417. The Morgan fingerprint density at radius 1 is 1.29 bits per heavy atom. The molecule has 1 aromatic rings. The van der Waals surface area contributed by atoms with Crippen LogP contribution in [0.5, 0.6) is 0 Å². The smallest absolute Gasteiger partial charge is 0.416 e. The first kappa shape index (κ1) is 14.3. The molecule has 0 aromatic heterocycles. The number of morpholine rings is 1. The van der Waals surface area contributed by atoms with Crippen molar-refractivity contribution in [2.24, 2.45) is 0 Å². The van der Waals surface area contributed by atoms with Crippen LogP contribution < -0.4 is 0 Å². The first-order valence-corrected chi connectivity index (χ1v) is 7.53. The monoisotopic (exact) mass is 321 g/mol. The molecule has 2 fully saturated rings. The first-order chi connectivity index (χ1) is 9.69. The molecule has 2 atom stereocenters. The van der Waals surface area contributed by atoms with E-state index in [9.17, 15) is 26.4 Å². The lowest BCUT2D eigenvalue weighted by Gasteiger charge is -2.25. The predicted molar refractivity (Wildman–Crippen MR) is 63.6 cm³/mol. The Morgan fingerprint density at radius 2 is 2.00 bits per heavy atom. The number of nitrogens with zero attached hydrogens (tertiary/aromatic N) is 1. The van der Waals surface area contributed by atoms with E-state index < -0.39 is 44.8 Å². The molecule has 0 radical (unpaired) electrons. The molecule has 2 aliphatic heterocycles. The standard InChI is InChI=1S/C12H10F3NO4S/c13-12(14,15)7-2-1-3-9(4-7)21(18,19)16-6-8-5-10(16)11(17)20-8/h1-4,8,10H,5-6H2/t8-,10+/m0/s1. The topological polar surface area (TPSA) is 63.7 Å². The molecule has 5 nitrogen and oxygen atoms in total.